The first-order chi connectivity index (χ1) is 1.91. The van der Waals surface area contributed by atoms with Crippen molar-refractivity contribution < 1.29 is 0 Å². The molecule has 0 bridgehead atoms. The van der Waals surface area contributed by atoms with Crippen LogP contribution in [0.2, 0.25) is 0 Å². The summed E-state index contributed by atoms with van der Waals surface area (Å²) >= 11 is 0. The van der Waals surface area contributed by atoms with Crippen molar-refractivity contribution >= 4 is 18.9 Å². The van der Waals surface area contributed by atoms with Crippen LogP contribution in [-0.4, -0.2) is 18.9 Å². The van der Waals surface area contributed by atoms with E-state index in [0.717, 1.165) is 6.42 Å². The molecule has 0 aliphatic carbocycles. The van der Waals surface area contributed by atoms with Gasteiger partial charge in [-0.05, 0) is 0 Å². The van der Waals surface area contributed by atoms with Crippen LogP contribution in [0.1, 0.15) is 13.3 Å². The van der Waals surface area contributed by atoms with E-state index in [1.165, 1.54) is 0 Å². The minimum atomic E-state index is 0. The summed E-state index contributed by atoms with van der Waals surface area (Å²) in [5.74, 6) is 2.43. The van der Waals surface area contributed by atoms with E-state index < -0.39 is 0 Å². The van der Waals surface area contributed by atoms with Gasteiger partial charge in [0.1, 0.15) is 0 Å². The van der Waals surface area contributed by atoms with Crippen molar-refractivity contribution in [1.29, 1.82) is 0 Å². The minimum absolute atomic E-state index is 0. The molecule has 0 rings (SSSR count). The van der Waals surface area contributed by atoms with Crippen LogP contribution < -0.4 is 0 Å². The van der Waals surface area contributed by atoms with E-state index in [9.17, 15) is 0 Å². The predicted molar refractivity (Wildman–Crippen MR) is 26.3 cm³/mol. The summed E-state index contributed by atoms with van der Waals surface area (Å²) in [4.78, 5) is 0. The van der Waals surface area contributed by atoms with Crippen molar-refractivity contribution in [3.05, 3.63) is 0 Å². The van der Waals surface area contributed by atoms with Crippen molar-refractivity contribution in [2.45, 2.75) is 13.3 Å². The van der Waals surface area contributed by atoms with Crippen molar-refractivity contribution in [2.75, 3.05) is 0 Å². The Hall–Kier alpha value is 0.157. The van der Waals surface area contributed by atoms with Crippen LogP contribution in [0.5, 0.6) is 0 Å². The van der Waals surface area contributed by atoms with Gasteiger partial charge in [0, 0.05) is 6.42 Å². The third-order valence-electron chi connectivity index (χ3n) is 0.204. The van der Waals surface area contributed by atoms with Crippen molar-refractivity contribution in [3.63, 3.8) is 0 Å². The number of rotatable bonds is 0. The van der Waals surface area contributed by atoms with Crippen molar-refractivity contribution in [1.82, 2.24) is 0 Å². The van der Waals surface area contributed by atoms with Crippen LogP contribution in [-0.2, 0) is 0 Å². The Morgan fingerprint density at radius 2 is 2.00 bits per heavy atom. The fraction of sp³-hybridized carbons (Fsp3) is 0.500. The van der Waals surface area contributed by atoms with Gasteiger partial charge in [-0.25, -0.2) is 0 Å². The van der Waals surface area contributed by atoms with Gasteiger partial charge in [0.05, 0.1) is 0 Å². The maximum absolute atomic E-state index is 4.78. The molecule has 0 aromatic carbocycles. The van der Waals surface area contributed by atoms with Crippen LogP contribution in [0.15, 0.2) is 0 Å². The van der Waals surface area contributed by atoms with Gasteiger partial charge in [-0.15, -0.1) is 12.3 Å². The van der Waals surface area contributed by atoms with E-state index in [2.05, 4.69) is 5.92 Å². The Labute approximate surface area is 45.1 Å². The predicted octanol–water partition coefficient (Wildman–Crippen LogP) is 0.381. The molecule has 0 atom stereocenters. The van der Waals surface area contributed by atoms with E-state index in [1.807, 2.05) is 6.92 Å². The SMILES string of the molecule is C#CCC.[LiH]. The van der Waals surface area contributed by atoms with Crippen molar-refractivity contribution in [2.24, 2.45) is 0 Å². The summed E-state index contributed by atoms with van der Waals surface area (Å²) < 4.78 is 0. The molecule has 0 aliphatic heterocycles. The molecular weight excluding hydrogens is 55.0 g/mol. The van der Waals surface area contributed by atoms with Crippen LogP contribution in [0.25, 0.3) is 0 Å². The quantitative estimate of drug-likeness (QED) is 0.281. The Kier molecular flexibility index (Phi) is 15.9. The first kappa shape index (κ1) is 8.94. The number of hydrogen-bond donors (Lipinski definition) is 0. The fourth-order valence-electron chi connectivity index (χ4n) is 0. The third kappa shape index (κ3) is 14.4. The molecule has 24 valence electrons. The molecule has 1 heteroatoms. The molecule has 0 N–H and O–H groups in total. The molecule has 5 heavy (non-hydrogen) atoms. The Morgan fingerprint density at radius 3 is 2.00 bits per heavy atom. The van der Waals surface area contributed by atoms with E-state index in [-0.39, 0.29) is 18.9 Å². The van der Waals surface area contributed by atoms with E-state index in [0.29, 0.717) is 0 Å². The zero-order valence-electron chi connectivity index (χ0n) is 2.78. The fourth-order valence-corrected chi connectivity index (χ4v) is 0. The zero-order chi connectivity index (χ0) is 3.41. The Bertz CT molecular complexity index is 33.4. The first-order valence-electron chi connectivity index (χ1n) is 1.35. The second-order valence-electron chi connectivity index (χ2n) is 0.558. The average molecular weight is 62.0 g/mol. The third-order valence-corrected chi connectivity index (χ3v) is 0.204. The van der Waals surface area contributed by atoms with E-state index in [1.54, 1.807) is 0 Å². The molecule has 0 aromatic rings. The standard InChI is InChI=1S/C4H6.Li.H/c1-3-4-2;;/h1H,4H2,2H3;;. The van der Waals surface area contributed by atoms with Gasteiger partial charge >= 0.3 is 18.9 Å². The van der Waals surface area contributed by atoms with Gasteiger partial charge in [-0.2, -0.15) is 0 Å². The van der Waals surface area contributed by atoms with Crippen LogP contribution in [0.3, 0.4) is 0 Å². The van der Waals surface area contributed by atoms with Gasteiger partial charge in [-0.1, -0.05) is 6.92 Å². The van der Waals surface area contributed by atoms with Gasteiger partial charge in [0.15, 0.2) is 0 Å². The molecule has 0 radical (unpaired) electrons. The molecule has 0 fully saturated rings. The van der Waals surface area contributed by atoms with Gasteiger partial charge in [0.2, 0.25) is 0 Å². The monoisotopic (exact) mass is 62.1 g/mol. The first-order valence-corrected chi connectivity index (χ1v) is 1.35. The van der Waals surface area contributed by atoms with Crippen LogP contribution in [0.4, 0.5) is 0 Å². The summed E-state index contributed by atoms with van der Waals surface area (Å²) in [7, 11) is 0. The van der Waals surface area contributed by atoms with E-state index >= 15 is 0 Å². The van der Waals surface area contributed by atoms with Gasteiger partial charge in [-0.3, -0.25) is 0 Å². The molecular formula is C4H7Li. The molecule has 0 saturated carbocycles. The Morgan fingerprint density at radius 1 is 1.80 bits per heavy atom. The summed E-state index contributed by atoms with van der Waals surface area (Å²) in [5, 5.41) is 0. The average Bonchev–Trinajstić information content (AvgIpc) is 1.37. The summed E-state index contributed by atoms with van der Waals surface area (Å²) in [6, 6.07) is 0. The van der Waals surface area contributed by atoms with E-state index in [4.69, 9.17) is 6.42 Å². The van der Waals surface area contributed by atoms with Crippen LogP contribution in [0, 0.1) is 12.3 Å². The Balaban J connectivity index is 0. The molecule has 0 aromatic heterocycles. The number of terminal acetylenes is 1. The summed E-state index contributed by atoms with van der Waals surface area (Å²) in [6.45, 7) is 1.94. The summed E-state index contributed by atoms with van der Waals surface area (Å²) in [5.41, 5.74) is 0. The number of hydrogen-bond acceptors (Lipinski definition) is 0. The molecule has 0 spiro atoms. The molecule has 0 nitrogen and oxygen atoms in total. The van der Waals surface area contributed by atoms with Gasteiger partial charge in [0.25, 0.3) is 0 Å². The van der Waals surface area contributed by atoms with Crippen molar-refractivity contribution in [3.8, 4) is 12.3 Å². The molecule has 0 saturated heterocycles. The molecule has 0 aliphatic rings. The maximum atomic E-state index is 4.78. The second-order valence-corrected chi connectivity index (χ2v) is 0.558. The van der Waals surface area contributed by atoms with Crippen LogP contribution >= 0.6 is 0 Å². The second kappa shape index (κ2) is 8.90. The molecule has 0 heterocycles. The normalized spacial score (nSPS) is 4.00. The summed E-state index contributed by atoms with van der Waals surface area (Å²) in [6.07, 6.45) is 5.62. The molecule has 0 unspecified atom stereocenters. The molecule has 0 amide bonds. The topological polar surface area (TPSA) is 0 Å². The van der Waals surface area contributed by atoms with Gasteiger partial charge < -0.3 is 0 Å². The zero-order valence-corrected chi connectivity index (χ0v) is 2.78.